The Kier molecular flexibility index (Phi) is 9.00. The number of benzene rings is 1. The molecule has 0 bridgehead atoms. The number of amides is 1. The van der Waals surface area contributed by atoms with Crippen molar-refractivity contribution in [3.8, 4) is 5.75 Å². The number of ether oxygens (including phenoxy) is 1. The molecule has 1 aliphatic heterocycles. The van der Waals surface area contributed by atoms with Crippen molar-refractivity contribution in [2.45, 2.75) is 70.8 Å². The lowest BCUT2D eigenvalue weighted by Gasteiger charge is -2.30. The highest BCUT2D eigenvalue weighted by molar-refractivity contribution is 5.78. The van der Waals surface area contributed by atoms with Crippen LogP contribution in [0.1, 0.15) is 68.9 Å². The van der Waals surface area contributed by atoms with E-state index in [1.165, 1.54) is 32.1 Å². The molecule has 1 heterocycles. The molecule has 2 aliphatic rings. The maximum atomic E-state index is 12.5. The molecule has 166 valence electrons. The summed E-state index contributed by atoms with van der Waals surface area (Å²) in [6.45, 7) is 3.36. The number of carboxylic acids is 1. The molecule has 3 rings (SSSR count). The molecule has 1 fully saturated rings. The van der Waals surface area contributed by atoms with Gasteiger partial charge in [-0.05, 0) is 56.1 Å². The second-order valence-corrected chi connectivity index (χ2v) is 8.77. The second kappa shape index (κ2) is 11.9. The molecule has 1 amide bonds. The third-order valence-electron chi connectivity index (χ3n) is 6.16. The summed E-state index contributed by atoms with van der Waals surface area (Å²) in [4.78, 5) is 25.8. The molecule has 1 aromatic carbocycles. The number of hydrogen-bond donors (Lipinski definition) is 2. The lowest BCUT2D eigenvalue weighted by Crippen LogP contribution is -2.40. The van der Waals surface area contributed by atoms with Crippen molar-refractivity contribution < 1.29 is 19.4 Å². The Hall–Kier alpha value is -2.08. The van der Waals surface area contributed by atoms with E-state index in [0.29, 0.717) is 32.0 Å². The summed E-state index contributed by atoms with van der Waals surface area (Å²) >= 11 is 0. The van der Waals surface area contributed by atoms with Gasteiger partial charge in [-0.3, -0.25) is 14.5 Å². The monoisotopic (exact) mass is 416 g/mol. The van der Waals surface area contributed by atoms with Crippen LogP contribution in [0.2, 0.25) is 0 Å². The smallest absolute Gasteiger partial charge is 0.303 e. The van der Waals surface area contributed by atoms with E-state index in [1.807, 2.05) is 12.1 Å². The Morgan fingerprint density at radius 1 is 1.10 bits per heavy atom. The fourth-order valence-electron chi connectivity index (χ4n) is 4.54. The predicted octanol–water partition coefficient (Wildman–Crippen LogP) is 3.77. The van der Waals surface area contributed by atoms with Gasteiger partial charge in [0.25, 0.3) is 0 Å². The van der Waals surface area contributed by atoms with Gasteiger partial charge < -0.3 is 15.2 Å². The van der Waals surface area contributed by atoms with Gasteiger partial charge in [-0.25, -0.2) is 0 Å². The van der Waals surface area contributed by atoms with E-state index in [2.05, 4.69) is 16.3 Å². The van der Waals surface area contributed by atoms with Crippen LogP contribution in [0, 0.1) is 5.92 Å². The first kappa shape index (κ1) is 22.6. The molecule has 1 saturated carbocycles. The van der Waals surface area contributed by atoms with Crippen molar-refractivity contribution in [1.82, 2.24) is 10.2 Å². The molecule has 0 unspecified atom stereocenters. The lowest BCUT2D eigenvalue weighted by molar-refractivity contribution is -0.137. The SMILES string of the molecule is O=C(O)CCc1ccc2c(c1)CN(CC1CCCCC1)CC(=O)NCCCCCO2. The Balaban J connectivity index is 1.79. The average molecular weight is 417 g/mol. The van der Waals surface area contributed by atoms with E-state index in [4.69, 9.17) is 9.84 Å². The van der Waals surface area contributed by atoms with Crippen LogP contribution < -0.4 is 10.1 Å². The van der Waals surface area contributed by atoms with Crippen LogP contribution in [0.25, 0.3) is 0 Å². The number of hydrogen-bond acceptors (Lipinski definition) is 4. The highest BCUT2D eigenvalue weighted by atomic mass is 16.5. The Labute approximate surface area is 180 Å². The van der Waals surface area contributed by atoms with Crippen LogP contribution >= 0.6 is 0 Å². The first-order valence-corrected chi connectivity index (χ1v) is 11.6. The molecule has 6 heteroatoms. The summed E-state index contributed by atoms with van der Waals surface area (Å²) in [6.07, 6.45) is 9.94. The zero-order valence-electron chi connectivity index (χ0n) is 18.0. The Morgan fingerprint density at radius 3 is 2.70 bits per heavy atom. The first-order valence-electron chi connectivity index (χ1n) is 11.6. The number of rotatable bonds is 5. The average Bonchev–Trinajstić information content (AvgIpc) is 2.74. The van der Waals surface area contributed by atoms with Crippen LogP contribution in [-0.2, 0) is 22.6 Å². The van der Waals surface area contributed by atoms with Crippen molar-refractivity contribution in [2.75, 3.05) is 26.2 Å². The molecule has 0 spiro atoms. The van der Waals surface area contributed by atoms with E-state index in [9.17, 15) is 9.59 Å². The summed E-state index contributed by atoms with van der Waals surface area (Å²) in [5, 5.41) is 12.1. The number of carbonyl (C=O) groups excluding carboxylic acids is 1. The maximum Gasteiger partial charge on any atom is 0.303 e. The van der Waals surface area contributed by atoms with Crippen LogP contribution in [-0.4, -0.2) is 48.1 Å². The summed E-state index contributed by atoms with van der Waals surface area (Å²) in [6, 6.07) is 6.02. The standard InChI is InChI=1S/C24H36N2O4/c27-23-18-26(16-20-7-3-1-4-8-20)17-21-15-19(10-12-24(28)29)9-11-22(21)30-14-6-2-5-13-25-23/h9,11,15,20H,1-8,10,12-14,16-18H2,(H,25,27)(H,28,29). The zero-order valence-corrected chi connectivity index (χ0v) is 18.0. The summed E-state index contributed by atoms with van der Waals surface area (Å²) in [7, 11) is 0. The predicted molar refractivity (Wildman–Crippen MR) is 117 cm³/mol. The highest BCUT2D eigenvalue weighted by Crippen LogP contribution is 2.27. The van der Waals surface area contributed by atoms with E-state index in [1.54, 1.807) is 0 Å². The summed E-state index contributed by atoms with van der Waals surface area (Å²) in [5.41, 5.74) is 2.06. The van der Waals surface area contributed by atoms with Crippen molar-refractivity contribution in [3.05, 3.63) is 29.3 Å². The van der Waals surface area contributed by atoms with Gasteiger partial charge in [0.1, 0.15) is 5.75 Å². The minimum atomic E-state index is -0.786. The van der Waals surface area contributed by atoms with E-state index < -0.39 is 5.97 Å². The quantitative estimate of drug-likeness (QED) is 0.764. The normalized spacial score (nSPS) is 20.1. The van der Waals surface area contributed by atoms with Crippen LogP contribution in [0.15, 0.2) is 18.2 Å². The van der Waals surface area contributed by atoms with Crippen molar-refractivity contribution in [1.29, 1.82) is 0 Å². The van der Waals surface area contributed by atoms with Crippen LogP contribution in [0.5, 0.6) is 5.75 Å². The first-order chi connectivity index (χ1) is 14.6. The van der Waals surface area contributed by atoms with Gasteiger partial charge in [-0.1, -0.05) is 31.4 Å². The van der Waals surface area contributed by atoms with Gasteiger partial charge in [0.15, 0.2) is 0 Å². The molecular weight excluding hydrogens is 380 g/mol. The largest absolute Gasteiger partial charge is 0.493 e. The third kappa shape index (κ3) is 7.63. The maximum absolute atomic E-state index is 12.5. The van der Waals surface area contributed by atoms with E-state index >= 15 is 0 Å². The molecule has 6 nitrogen and oxygen atoms in total. The van der Waals surface area contributed by atoms with Gasteiger partial charge in [-0.15, -0.1) is 0 Å². The van der Waals surface area contributed by atoms with Crippen molar-refractivity contribution >= 4 is 11.9 Å². The molecule has 2 N–H and O–H groups in total. The number of aliphatic carboxylic acids is 1. The molecule has 0 aromatic heterocycles. The van der Waals surface area contributed by atoms with Gasteiger partial charge in [0.05, 0.1) is 13.2 Å². The number of fused-ring (bicyclic) bond motifs is 1. The van der Waals surface area contributed by atoms with Crippen molar-refractivity contribution in [2.24, 2.45) is 5.92 Å². The topological polar surface area (TPSA) is 78.9 Å². The number of nitrogens with one attached hydrogen (secondary N) is 1. The Morgan fingerprint density at radius 2 is 1.90 bits per heavy atom. The number of carbonyl (C=O) groups is 2. The number of nitrogens with zero attached hydrogens (tertiary/aromatic N) is 1. The molecule has 0 atom stereocenters. The number of aryl methyl sites for hydroxylation is 1. The molecule has 1 aromatic rings. The second-order valence-electron chi connectivity index (χ2n) is 8.77. The zero-order chi connectivity index (χ0) is 21.2. The lowest BCUT2D eigenvalue weighted by atomic mass is 9.89. The van der Waals surface area contributed by atoms with E-state index in [-0.39, 0.29) is 12.3 Å². The van der Waals surface area contributed by atoms with Crippen LogP contribution in [0.4, 0.5) is 0 Å². The Bertz CT molecular complexity index is 700. The fraction of sp³-hybridized carbons (Fsp3) is 0.667. The molecule has 1 aliphatic carbocycles. The highest BCUT2D eigenvalue weighted by Gasteiger charge is 2.21. The molecule has 0 saturated heterocycles. The molecular formula is C24H36N2O4. The third-order valence-corrected chi connectivity index (χ3v) is 6.16. The minimum Gasteiger partial charge on any atom is -0.493 e. The molecule has 0 radical (unpaired) electrons. The van der Waals surface area contributed by atoms with Crippen molar-refractivity contribution in [3.63, 3.8) is 0 Å². The van der Waals surface area contributed by atoms with Gasteiger partial charge in [0.2, 0.25) is 5.91 Å². The minimum absolute atomic E-state index is 0.0922. The molecule has 30 heavy (non-hydrogen) atoms. The summed E-state index contributed by atoms with van der Waals surface area (Å²) < 4.78 is 6.10. The fourth-order valence-corrected chi connectivity index (χ4v) is 4.54. The van der Waals surface area contributed by atoms with Crippen LogP contribution in [0.3, 0.4) is 0 Å². The van der Waals surface area contributed by atoms with Gasteiger partial charge in [0, 0.05) is 31.6 Å². The van der Waals surface area contributed by atoms with Gasteiger partial charge in [-0.2, -0.15) is 0 Å². The van der Waals surface area contributed by atoms with E-state index in [0.717, 1.165) is 49.2 Å². The summed E-state index contributed by atoms with van der Waals surface area (Å²) in [5.74, 6) is 0.810. The number of carboxylic acid groups (broad SMARTS) is 1. The van der Waals surface area contributed by atoms with Gasteiger partial charge >= 0.3 is 5.97 Å².